The predicted octanol–water partition coefficient (Wildman–Crippen LogP) is 0.598. The fourth-order valence-corrected chi connectivity index (χ4v) is 3.30. The Morgan fingerprint density at radius 3 is 2.35 bits per heavy atom. The molecule has 6 nitrogen and oxygen atoms in total. The molecule has 3 N–H and O–H groups in total. The van der Waals surface area contributed by atoms with Gasteiger partial charge in [0.05, 0.1) is 5.41 Å². The molecule has 0 unspecified atom stereocenters. The number of carboxylic acid groups (broad SMARTS) is 1. The van der Waals surface area contributed by atoms with E-state index in [1.54, 1.807) is 4.90 Å². The second-order valence-corrected chi connectivity index (χ2v) is 5.86. The maximum atomic E-state index is 12.9. The molecule has 0 atom stereocenters. The third-order valence-electron chi connectivity index (χ3n) is 4.63. The molecule has 0 bridgehead atoms. The Balaban J connectivity index is 2.17. The van der Waals surface area contributed by atoms with Crippen molar-refractivity contribution in [1.29, 1.82) is 0 Å². The van der Waals surface area contributed by atoms with E-state index in [-0.39, 0.29) is 25.0 Å². The van der Waals surface area contributed by atoms with Crippen LogP contribution in [0.3, 0.4) is 0 Å². The van der Waals surface area contributed by atoms with Crippen molar-refractivity contribution in [2.45, 2.75) is 44.6 Å². The zero-order valence-electron chi connectivity index (χ0n) is 11.8. The number of amides is 1. The summed E-state index contributed by atoms with van der Waals surface area (Å²) in [5.74, 6) is -1.04. The number of nitrogens with zero attached hydrogens (tertiary/aromatic N) is 1. The predicted molar refractivity (Wildman–Crippen MR) is 73.1 cm³/mol. The van der Waals surface area contributed by atoms with Gasteiger partial charge in [0.2, 0.25) is 5.91 Å². The third-order valence-corrected chi connectivity index (χ3v) is 4.63. The largest absolute Gasteiger partial charge is 0.480 e. The van der Waals surface area contributed by atoms with Crippen molar-refractivity contribution in [3.8, 4) is 0 Å². The number of nitrogens with two attached hydrogens (primary N) is 1. The normalized spacial score (nSPS) is 22.6. The first-order chi connectivity index (χ1) is 9.59. The van der Waals surface area contributed by atoms with Crippen molar-refractivity contribution in [2.75, 3.05) is 26.3 Å². The van der Waals surface area contributed by atoms with Crippen molar-refractivity contribution in [1.82, 2.24) is 4.90 Å². The van der Waals surface area contributed by atoms with Gasteiger partial charge in [0, 0.05) is 25.8 Å². The first-order valence-corrected chi connectivity index (χ1v) is 7.40. The molecule has 1 aliphatic heterocycles. The summed E-state index contributed by atoms with van der Waals surface area (Å²) in [5.41, 5.74) is 5.23. The van der Waals surface area contributed by atoms with Gasteiger partial charge in [0.1, 0.15) is 6.54 Å². The second kappa shape index (κ2) is 6.54. The summed E-state index contributed by atoms with van der Waals surface area (Å²) in [7, 11) is 0. The molecule has 0 spiro atoms. The Morgan fingerprint density at radius 2 is 1.85 bits per heavy atom. The highest BCUT2D eigenvalue weighted by Gasteiger charge is 2.44. The summed E-state index contributed by atoms with van der Waals surface area (Å²) in [5, 5.41) is 9.10. The number of carboxylic acids is 1. The maximum absolute atomic E-state index is 12.9. The minimum absolute atomic E-state index is 0.0601. The summed E-state index contributed by atoms with van der Waals surface area (Å²) < 4.78 is 5.32. The van der Waals surface area contributed by atoms with E-state index in [1.807, 2.05) is 0 Å². The Kier molecular flexibility index (Phi) is 4.99. The molecule has 1 amide bonds. The minimum Gasteiger partial charge on any atom is -0.480 e. The molecule has 2 aliphatic rings. The van der Waals surface area contributed by atoms with Crippen LogP contribution in [0, 0.1) is 5.41 Å². The van der Waals surface area contributed by atoms with Gasteiger partial charge < -0.3 is 20.5 Å². The first kappa shape index (κ1) is 15.3. The van der Waals surface area contributed by atoms with Crippen molar-refractivity contribution in [3.05, 3.63) is 0 Å². The van der Waals surface area contributed by atoms with Crippen molar-refractivity contribution in [2.24, 2.45) is 11.1 Å². The number of carbonyl (C=O) groups is 2. The molecule has 1 heterocycles. The van der Waals surface area contributed by atoms with Crippen LogP contribution in [0.4, 0.5) is 0 Å². The van der Waals surface area contributed by atoms with Gasteiger partial charge in [0.25, 0.3) is 0 Å². The van der Waals surface area contributed by atoms with Crippen LogP contribution in [0.5, 0.6) is 0 Å². The average Bonchev–Trinajstić information content (AvgIpc) is 2.98. The summed E-state index contributed by atoms with van der Waals surface area (Å²) in [6.45, 7) is 1.09. The fourth-order valence-electron chi connectivity index (χ4n) is 3.30. The van der Waals surface area contributed by atoms with E-state index in [9.17, 15) is 9.59 Å². The molecular weight excluding hydrogens is 260 g/mol. The molecule has 2 rings (SSSR count). The summed E-state index contributed by atoms with van der Waals surface area (Å²) in [4.78, 5) is 25.6. The summed E-state index contributed by atoms with van der Waals surface area (Å²) in [6, 6.07) is 0.0601. The number of carbonyl (C=O) groups excluding carboxylic acids is 1. The van der Waals surface area contributed by atoms with Gasteiger partial charge in [-0.1, -0.05) is 12.8 Å². The number of aliphatic carboxylic acids is 1. The SMILES string of the molecule is NCC1(C(=O)N(CC(=O)O)C2CCCC2)CCOCC1. The smallest absolute Gasteiger partial charge is 0.323 e. The van der Waals surface area contributed by atoms with Crippen LogP contribution in [0.2, 0.25) is 0 Å². The van der Waals surface area contributed by atoms with Gasteiger partial charge in [0.15, 0.2) is 0 Å². The number of hydrogen-bond donors (Lipinski definition) is 2. The second-order valence-electron chi connectivity index (χ2n) is 5.86. The quantitative estimate of drug-likeness (QED) is 0.771. The molecule has 0 radical (unpaired) electrons. The first-order valence-electron chi connectivity index (χ1n) is 7.40. The van der Waals surface area contributed by atoms with Crippen LogP contribution < -0.4 is 5.73 Å². The Bertz CT molecular complexity index is 360. The van der Waals surface area contributed by atoms with Crippen LogP contribution in [0.25, 0.3) is 0 Å². The summed E-state index contributed by atoms with van der Waals surface area (Å²) >= 11 is 0. The number of rotatable bonds is 5. The van der Waals surface area contributed by atoms with E-state index in [4.69, 9.17) is 15.6 Å². The van der Waals surface area contributed by atoms with Crippen LogP contribution in [-0.4, -0.2) is 54.2 Å². The van der Waals surface area contributed by atoms with Crippen LogP contribution >= 0.6 is 0 Å². The van der Waals surface area contributed by atoms with Crippen LogP contribution in [-0.2, 0) is 14.3 Å². The molecule has 6 heteroatoms. The van der Waals surface area contributed by atoms with E-state index in [2.05, 4.69) is 0 Å². The van der Waals surface area contributed by atoms with Crippen molar-refractivity contribution >= 4 is 11.9 Å². The molecule has 0 aromatic carbocycles. The van der Waals surface area contributed by atoms with Gasteiger partial charge in [-0.25, -0.2) is 0 Å². The maximum Gasteiger partial charge on any atom is 0.323 e. The highest BCUT2D eigenvalue weighted by Crippen LogP contribution is 2.34. The van der Waals surface area contributed by atoms with Gasteiger partial charge in [-0.2, -0.15) is 0 Å². The molecular formula is C14H24N2O4. The third kappa shape index (κ3) is 3.12. The lowest BCUT2D eigenvalue weighted by molar-refractivity contribution is -0.155. The van der Waals surface area contributed by atoms with E-state index in [1.165, 1.54) is 0 Å². The van der Waals surface area contributed by atoms with Crippen molar-refractivity contribution in [3.63, 3.8) is 0 Å². The highest BCUT2D eigenvalue weighted by atomic mass is 16.5. The molecule has 1 saturated carbocycles. The van der Waals surface area contributed by atoms with E-state index < -0.39 is 11.4 Å². The number of hydrogen-bond acceptors (Lipinski definition) is 4. The molecule has 1 aliphatic carbocycles. The van der Waals surface area contributed by atoms with Gasteiger partial charge in [-0.05, 0) is 25.7 Å². The number of ether oxygens (including phenoxy) is 1. The van der Waals surface area contributed by atoms with Crippen molar-refractivity contribution < 1.29 is 19.4 Å². The topological polar surface area (TPSA) is 92.9 Å². The zero-order chi connectivity index (χ0) is 14.6. The van der Waals surface area contributed by atoms with Crippen LogP contribution in [0.15, 0.2) is 0 Å². The fraction of sp³-hybridized carbons (Fsp3) is 0.857. The zero-order valence-corrected chi connectivity index (χ0v) is 11.8. The lowest BCUT2D eigenvalue weighted by Crippen LogP contribution is -2.54. The highest BCUT2D eigenvalue weighted by molar-refractivity contribution is 5.86. The molecule has 0 aromatic rings. The minimum atomic E-state index is -0.954. The summed E-state index contributed by atoms with van der Waals surface area (Å²) in [6.07, 6.45) is 5.10. The van der Waals surface area contributed by atoms with E-state index >= 15 is 0 Å². The molecule has 2 fully saturated rings. The Labute approximate surface area is 119 Å². The molecule has 20 heavy (non-hydrogen) atoms. The lowest BCUT2D eigenvalue weighted by atomic mass is 9.78. The van der Waals surface area contributed by atoms with E-state index in [0.717, 1.165) is 25.7 Å². The molecule has 114 valence electrons. The Hall–Kier alpha value is -1.14. The standard InChI is InChI=1S/C14H24N2O4/c15-10-14(5-7-20-8-6-14)13(19)16(9-12(17)18)11-3-1-2-4-11/h11H,1-10,15H2,(H,17,18). The molecule has 1 saturated heterocycles. The average molecular weight is 284 g/mol. The lowest BCUT2D eigenvalue weighted by Gasteiger charge is -2.40. The molecule has 0 aromatic heterocycles. The van der Waals surface area contributed by atoms with E-state index in [0.29, 0.717) is 26.1 Å². The van der Waals surface area contributed by atoms with Gasteiger partial charge in [-0.15, -0.1) is 0 Å². The van der Waals surface area contributed by atoms with Gasteiger partial charge >= 0.3 is 5.97 Å². The van der Waals surface area contributed by atoms with Crippen LogP contribution in [0.1, 0.15) is 38.5 Å². The Morgan fingerprint density at radius 1 is 1.25 bits per heavy atom. The monoisotopic (exact) mass is 284 g/mol. The van der Waals surface area contributed by atoms with Gasteiger partial charge in [-0.3, -0.25) is 9.59 Å².